The van der Waals surface area contributed by atoms with Crippen molar-refractivity contribution in [2.75, 3.05) is 13.1 Å². The van der Waals surface area contributed by atoms with E-state index in [0.717, 1.165) is 38.9 Å². The van der Waals surface area contributed by atoms with Gasteiger partial charge in [0.05, 0.1) is 10.6 Å². The molecule has 0 unspecified atom stereocenters. The molecule has 1 saturated heterocycles. The van der Waals surface area contributed by atoms with Crippen LogP contribution in [0.2, 0.25) is 0 Å². The number of carbonyl (C=O) groups is 2. The summed E-state index contributed by atoms with van der Waals surface area (Å²) in [5.74, 6) is -1.83. The van der Waals surface area contributed by atoms with Crippen molar-refractivity contribution in [2.24, 2.45) is 10.3 Å². The van der Waals surface area contributed by atoms with Crippen molar-refractivity contribution in [2.45, 2.75) is 31.1 Å². The van der Waals surface area contributed by atoms with Crippen LogP contribution in [-0.4, -0.2) is 42.6 Å². The summed E-state index contributed by atoms with van der Waals surface area (Å²) in [6.45, 7) is 2.73. The third kappa shape index (κ3) is 5.85. The van der Waals surface area contributed by atoms with Crippen molar-refractivity contribution >= 4 is 33.6 Å². The van der Waals surface area contributed by atoms with Crippen molar-refractivity contribution in [1.29, 1.82) is 0 Å². The first-order valence-electron chi connectivity index (χ1n) is 9.97. The van der Waals surface area contributed by atoms with Gasteiger partial charge in [0.15, 0.2) is 0 Å². The van der Waals surface area contributed by atoms with E-state index in [1.807, 2.05) is 11.1 Å². The van der Waals surface area contributed by atoms with Crippen LogP contribution in [0.4, 0.5) is 5.69 Å². The van der Waals surface area contributed by atoms with Crippen molar-refractivity contribution in [3.8, 4) is 0 Å². The highest BCUT2D eigenvalue weighted by molar-refractivity contribution is 7.90. The van der Waals surface area contributed by atoms with Crippen LogP contribution in [0.3, 0.4) is 0 Å². The number of rotatable bonds is 6. The van der Waals surface area contributed by atoms with E-state index >= 15 is 0 Å². The number of sulfonamides is 1. The van der Waals surface area contributed by atoms with Gasteiger partial charge in [-0.05, 0) is 55.2 Å². The summed E-state index contributed by atoms with van der Waals surface area (Å²) in [5, 5.41) is 10.2. The van der Waals surface area contributed by atoms with Gasteiger partial charge in [-0.1, -0.05) is 35.6 Å². The molecule has 0 bridgehead atoms. The Balaban J connectivity index is 1.77. The molecule has 162 valence electrons. The molecule has 2 aromatic rings. The van der Waals surface area contributed by atoms with E-state index in [1.165, 1.54) is 36.8 Å². The summed E-state index contributed by atoms with van der Waals surface area (Å²) in [6, 6.07) is 14.5. The second-order valence-corrected chi connectivity index (χ2v) is 8.86. The van der Waals surface area contributed by atoms with Crippen molar-refractivity contribution in [1.82, 2.24) is 9.31 Å². The third-order valence-electron chi connectivity index (χ3n) is 4.70. The van der Waals surface area contributed by atoms with Crippen molar-refractivity contribution in [3.63, 3.8) is 0 Å². The second-order valence-electron chi connectivity index (χ2n) is 7.07. The third-order valence-corrected chi connectivity index (χ3v) is 6.48. The standard InChI is InChI=1S/C22H24N4O4S/c1-18(27)26(22(28)15-10-19-8-4-2-5-9-19)31(29,30)21-13-11-20(12-14-21)23-24-25-16-6-3-7-17-25/h2,4-5,8-15H,3,6-7,16-17H2,1H3/b15-10+,24-23?. The first kappa shape index (κ1) is 22.4. The number of piperidine rings is 1. The number of hydrogen-bond acceptors (Lipinski definition) is 6. The zero-order valence-corrected chi connectivity index (χ0v) is 18.0. The van der Waals surface area contributed by atoms with Crippen LogP contribution in [0.1, 0.15) is 31.7 Å². The predicted molar refractivity (Wildman–Crippen MR) is 117 cm³/mol. The maximum atomic E-state index is 12.9. The van der Waals surface area contributed by atoms with Crippen LogP contribution in [0, 0.1) is 0 Å². The Morgan fingerprint density at radius 3 is 2.23 bits per heavy atom. The molecule has 0 saturated carbocycles. The van der Waals surface area contributed by atoms with Gasteiger partial charge in [0.2, 0.25) is 5.91 Å². The fourth-order valence-corrected chi connectivity index (χ4v) is 4.44. The molecule has 1 aliphatic rings. The Morgan fingerprint density at radius 2 is 1.61 bits per heavy atom. The molecule has 8 nitrogen and oxygen atoms in total. The molecule has 1 heterocycles. The monoisotopic (exact) mass is 440 g/mol. The molecule has 2 amide bonds. The Labute approximate surface area is 181 Å². The first-order chi connectivity index (χ1) is 14.9. The lowest BCUT2D eigenvalue weighted by Gasteiger charge is -2.21. The van der Waals surface area contributed by atoms with Crippen LogP contribution in [0.5, 0.6) is 0 Å². The Hall–Kier alpha value is -3.33. The molecule has 1 aliphatic heterocycles. The van der Waals surface area contributed by atoms with E-state index in [0.29, 0.717) is 11.3 Å². The maximum Gasteiger partial charge on any atom is 0.273 e. The van der Waals surface area contributed by atoms with E-state index in [9.17, 15) is 18.0 Å². The minimum atomic E-state index is -4.36. The number of hydrogen-bond donors (Lipinski definition) is 0. The number of carbonyl (C=O) groups excluding carboxylic acids is 2. The Morgan fingerprint density at radius 1 is 0.968 bits per heavy atom. The molecule has 0 radical (unpaired) electrons. The van der Waals surface area contributed by atoms with Gasteiger partial charge in [-0.2, -0.15) is 4.31 Å². The SMILES string of the molecule is CC(=O)N(C(=O)/C=C/c1ccccc1)S(=O)(=O)c1ccc(N=NN2CCCCC2)cc1. The molecule has 0 aromatic heterocycles. The van der Waals surface area contributed by atoms with Gasteiger partial charge < -0.3 is 0 Å². The van der Waals surface area contributed by atoms with E-state index in [4.69, 9.17) is 0 Å². The second kappa shape index (κ2) is 10.1. The molecule has 0 aliphatic carbocycles. The molecule has 0 atom stereocenters. The molecular formula is C22H24N4O4S. The first-order valence-corrected chi connectivity index (χ1v) is 11.4. The highest BCUT2D eigenvalue weighted by atomic mass is 32.2. The number of benzene rings is 2. The average Bonchev–Trinajstić information content (AvgIpc) is 2.77. The van der Waals surface area contributed by atoms with Crippen LogP contribution >= 0.6 is 0 Å². The zero-order valence-electron chi connectivity index (χ0n) is 17.2. The largest absolute Gasteiger partial charge is 0.278 e. The summed E-state index contributed by atoms with van der Waals surface area (Å²) in [7, 11) is -4.36. The summed E-state index contributed by atoms with van der Waals surface area (Å²) in [6.07, 6.45) is 5.85. The number of nitrogens with zero attached hydrogens (tertiary/aromatic N) is 4. The normalized spacial score (nSPS) is 14.8. The topological polar surface area (TPSA) is 99.5 Å². The average molecular weight is 441 g/mol. The predicted octanol–water partition coefficient (Wildman–Crippen LogP) is 3.95. The van der Waals surface area contributed by atoms with E-state index in [1.54, 1.807) is 24.3 Å². The molecule has 3 rings (SSSR count). The van der Waals surface area contributed by atoms with E-state index in [2.05, 4.69) is 10.3 Å². The minimum absolute atomic E-state index is 0.180. The smallest absolute Gasteiger partial charge is 0.273 e. The lowest BCUT2D eigenvalue weighted by molar-refractivity contribution is -0.134. The van der Waals surface area contributed by atoms with Gasteiger partial charge in [-0.3, -0.25) is 14.6 Å². The Bertz CT molecular complexity index is 1070. The van der Waals surface area contributed by atoms with Crippen LogP contribution in [0.25, 0.3) is 6.08 Å². The van der Waals surface area contributed by atoms with Crippen molar-refractivity contribution in [3.05, 3.63) is 66.2 Å². The van der Waals surface area contributed by atoms with E-state index in [-0.39, 0.29) is 9.20 Å². The van der Waals surface area contributed by atoms with Gasteiger partial charge in [0, 0.05) is 26.1 Å². The highest BCUT2D eigenvalue weighted by Gasteiger charge is 2.31. The van der Waals surface area contributed by atoms with Gasteiger partial charge in [-0.25, -0.2) is 8.42 Å². The molecule has 9 heteroatoms. The lowest BCUT2D eigenvalue weighted by atomic mass is 10.2. The Kier molecular flexibility index (Phi) is 7.30. The van der Waals surface area contributed by atoms with Gasteiger partial charge in [-0.15, -0.1) is 5.11 Å². The van der Waals surface area contributed by atoms with E-state index < -0.39 is 21.8 Å². The summed E-state index contributed by atoms with van der Waals surface area (Å²) in [4.78, 5) is 24.4. The molecule has 0 N–H and O–H groups in total. The van der Waals surface area contributed by atoms with Crippen LogP contribution < -0.4 is 0 Å². The van der Waals surface area contributed by atoms with Crippen LogP contribution in [-0.2, 0) is 19.6 Å². The quantitative estimate of drug-likeness (QED) is 0.500. The fraction of sp³-hybridized carbons (Fsp3) is 0.273. The number of amides is 2. The maximum absolute atomic E-state index is 12.9. The van der Waals surface area contributed by atoms with Crippen LogP contribution in [0.15, 0.2) is 75.9 Å². The van der Waals surface area contributed by atoms with Crippen molar-refractivity contribution < 1.29 is 18.0 Å². The fourth-order valence-electron chi connectivity index (χ4n) is 3.11. The molecule has 2 aromatic carbocycles. The summed E-state index contributed by atoms with van der Waals surface area (Å²) >= 11 is 0. The number of imide groups is 1. The molecular weight excluding hydrogens is 416 g/mol. The lowest BCUT2D eigenvalue weighted by Crippen LogP contribution is -2.39. The summed E-state index contributed by atoms with van der Waals surface area (Å²) in [5.41, 5.74) is 1.19. The summed E-state index contributed by atoms with van der Waals surface area (Å²) < 4.78 is 26.1. The van der Waals surface area contributed by atoms with Gasteiger partial charge in [0.25, 0.3) is 15.9 Å². The molecule has 0 spiro atoms. The molecule has 31 heavy (non-hydrogen) atoms. The highest BCUT2D eigenvalue weighted by Crippen LogP contribution is 2.22. The molecule has 1 fully saturated rings. The zero-order chi connectivity index (χ0) is 22.3. The minimum Gasteiger partial charge on any atom is -0.278 e. The van der Waals surface area contributed by atoms with Gasteiger partial charge >= 0.3 is 0 Å². The van der Waals surface area contributed by atoms with Gasteiger partial charge in [0.1, 0.15) is 0 Å².